The molecular weight excluding hydrogens is 356 g/mol. The fourth-order valence-corrected chi connectivity index (χ4v) is 5.18. The summed E-state index contributed by atoms with van der Waals surface area (Å²) >= 11 is 0. The fraction of sp³-hybridized carbons (Fsp3) is 0.846. The van der Waals surface area contributed by atoms with Crippen LogP contribution in [0, 0.1) is 0 Å². The quantitative estimate of drug-likeness (QED) is 0.337. The highest BCUT2D eigenvalue weighted by molar-refractivity contribution is 5.14. The summed E-state index contributed by atoms with van der Waals surface area (Å²) in [5.41, 5.74) is 1.35. The van der Waals surface area contributed by atoms with Gasteiger partial charge < -0.3 is 4.74 Å². The lowest BCUT2D eigenvalue weighted by molar-refractivity contribution is 0.0225. The van der Waals surface area contributed by atoms with E-state index in [4.69, 9.17) is 14.7 Å². The predicted octanol–water partition coefficient (Wildman–Crippen LogP) is 7.71. The van der Waals surface area contributed by atoms with Crippen LogP contribution < -0.4 is 0 Å². The first-order chi connectivity index (χ1) is 14.4. The molecule has 164 valence electrons. The van der Waals surface area contributed by atoms with E-state index in [0.717, 1.165) is 12.4 Å². The van der Waals surface area contributed by atoms with Crippen molar-refractivity contribution >= 4 is 0 Å². The lowest BCUT2D eigenvalue weighted by Gasteiger charge is -2.29. The van der Waals surface area contributed by atoms with Crippen LogP contribution >= 0.6 is 0 Å². The maximum Gasteiger partial charge on any atom is 0.131 e. The van der Waals surface area contributed by atoms with E-state index in [0.29, 0.717) is 17.9 Å². The van der Waals surface area contributed by atoms with E-state index >= 15 is 0 Å². The first kappa shape index (κ1) is 22.7. The molecule has 0 bridgehead atoms. The normalized spacial score (nSPS) is 23.3. The van der Waals surface area contributed by atoms with Crippen LogP contribution in [0.15, 0.2) is 12.4 Å². The SMILES string of the molecule is CCCCCCCCCCOC1CCC(c2cnc(C3CCCCC3)nc2)CC1. The van der Waals surface area contributed by atoms with Gasteiger partial charge in [-0.15, -0.1) is 0 Å². The van der Waals surface area contributed by atoms with Gasteiger partial charge in [-0.1, -0.05) is 71.1 Å². The van der Waals surface area contributed by atoms with Crippen LogP contribution in [-0.2, 0) is 4.74 Å². The van der Waals surface area contributed by atoms with Crippen molar-refractivity contribution < 1.29 is 4.74 Å². The lowest BCUT2D eigenvalue weighted by atomic mass is 9.83. The number of hydrogen-bond acceptors (Lipinski definition) is 3. The molecule has 1 aromatic rings. The van der Waals surface area contributed by atoms with Crippen molar-refractivity contribution in [3.05, 3.63) is 23.8 Å². The van der Waals surface area contributed by atoms with Gasteiger partial charge in [-0.05, 0) is 56.4 Å². The monoisotopic (exact) mass is 400 g/mol. The molecule has 1 heterocycles. The molecule has 0 N–H and O–H groups in total. The van der Waals surface area contributed by atoms with Gasteiger partial charge in [0.05, 0.1) is 6.10 Å². The van der Waals surface area contributed by atoms with E-state index in [9.17, 15) is 0 Å². The zero-order valence-electron chi connectivity index (χ0n) is 18.9. The number of aromatic nitrogens is 2. The summed E-state index contributed by atoms with van der Waals surface area (Å²) in [5.74, 6) is 2.34. The number of hydrogen-bond donors (Lipinski definition) is 0. The Morgan fingerprint density at radius 2 is 1.34 bits per heavy atom. The zero-order chi connectivity index (χ0) is 20.2. The Balaban J connectivity index is 1.26. The average molecular weight is 401 g/mol. The van der Waals surface area contributed by atoms with E-state index in [1.165, 1.54) is 115 Å². The van der Waals surface area contributed by atoms with Crippen LogP contribution in [0.5, 0.6) is 0 Å². The van der Waals surface area contributed by atoms with Crippen molar-refractivity contribution in [3.8, 4) is 0 Å². The average Bonchev–Trinajstić information content (AvgIpc) is 2.79. The molecule has 3 nitrogen and oxygen atoms in total. The summed E-state index contributed by atoms with van der Waals surface area (Å²) in [5, 5.41) is 0. The fourth-order valence-electron chi connectivity index (χ4n) is 5.18. The standard InChI is InChI=1S/C26H44N2O/c1-2-3-4-5-6-7-8-12-19-29-25-17-15-22(16-18-25)24-20-27-26(28-21-24)23-13-10-9-11-14-23/h20-23,25H,2-19H2,1H3. The van der Waals surface area contributed by atoms with Gasteiger partial charge in [0, 0.05) is 24.9 Å². The molecule has 2 saturated carbocycles. The van der Waals surface area contributed by atoms with Gasteiger partial charge >= 0.3 is 0 Å². The molecule has 0 aliphatic heterocycles. The molecule has 0 radical (unpaired) electrons. The maximum atomic E-state index is 6.18. The summed E-state index contributed by atoms with van der Waals surface area (Å²) < 4.78 is 6.18. The highest BCUT2D eigenvalue weighted by atomic mass is 16.5. The van der Waals surface area contributed by atoms with E-state index in [1.807, 2.05) is 0 Å². The summed E-state index contributed by atoms with van der Waals surface area (Å²) in [6, 6.07) is 0. The van der Waals surface area contributed by atoms with Crippen LogP contribution in [0.3, 0.4) is 0 Å². The third kappa shape index (κ3) is 8.00. The second-order valence-corrected chi connectivity index (χ2v) is 9.53. The van der Waals surface area contributed by atoms with Gasteiger partial charge in [0.25, 0.3) is 0 Å². The van der Waals surface area contributed by atoms with Crippen LogP contribution in [0.1, 0.15) is 139 Å². The van der Waals surface area contributed by atoms with Crippen LogP contribution in [-0.4, -0.2) is 22.7 Å². The first-order valence-corrected chi connectivity index (χ1v) is 12.8. The lowest BCUT2D eigenvalue weighted by Crippen LogP contribution is -2.21. The summed E-state index contributed by atoms with van der Waals surface area (Å²) in [6.07, 6.45) is 27.2. The molecule has 3 rings (SSSR count). The third-order valence-electron chi connectivity index (χ3n) is 7.16. The number of unbranched alkanes of at least 4 members (excludes halogenated alkanes) is 7. The third-order valence-corrected chi connectivity index (χ3v) is 7.16. The van der Waals surface area contributed by atoms with Crippen molar-refractivity contribution in [2.75, 3.05) is 6.61 Å². The van der Waals surface area contributed by atoms with Crippen molar-refractivity contribution in [1.29, 1.82) is 0 Å². The van der Waals surface area contributed by atoms with Crippen molar-refractivity contribution in [2.24, 2.45) is 0 Å². The Bertz CT molecular complexity index is 530. The van der Waals surface area contributed by atoms with E-state index in [1.54, 1.807) is 0 Å². The van der Waals surface area contributed by atoms with Gasteiger partial charge in [0.2, 0.25) is 0 Å². The van der Waals surface area contributed by atoms with Crippen molar-refractivity contribution in [1.82, 2.24) is 9.97 Å². The minimum atomic E-state index is 0.484. The van der Waals surface area contributed by atoms with Gasteiger partial charge in [-0.3, -0.25) is 0 Å². The molecule has 0 aromatic carbocycles. The maximum absolute atomic E-state index is 6.18. The second-order valence-electron chi connectivity index (χ2n) is 9.53. The van der Waals surface area contributed by atoms with Crippen molar-refractivity contribution in [2.45, 2.75) is 134 Å². The molecule has 29 heavy (non-hydrogen) atoms. The Labute approximate surface area is 179 Å². The minimum Gasteiger partial charge on any atom is -0.378 e. The summed E-state index contributed by atoms with van der Waals surface area (Å²) in [6.45, 7) is 3.25. The predicted molar refractivity (Wildman–Crippen MR) is 121 cm³/mol. The first-order valence-electron chi connectivity index (χ1n) is 12.8. The van der Waals surface area contributed by atoms with Gasteiger partial charge in [-0.25, -0.2) is 9.97 Å². The van der Waals surface area contributed by atoms with E-state index < -0.39 is 0 Å². The van der Waals surface area contributed by atoms with Gasteiger partial charge in [0.15, 0.2) is 0 Å². The zero-order valence-corrected chi connectivity index (χ0v) is 18.9. The van der Waals surface area contributed by atoms with Crippen LogP contribution in [0.4, 0.5) is 0 Å². The molecule has 2 fully saturated rings. The number of rotatable bonds is 12. The highest BCUT2D eigenvalue weighted by Gasteiger charge is 2.24. The molecule has 0 amide bonds. The summed E-state index contributed by atoms with van der Waals surface area (Å²) in [4.78, 5) is 9.51. The molecule has 3 heteroatoms. The van der Waals surface area contributed by atoms with Gasteiger partial charge in [-0.2, -0.15) is 0 Å². The minimum absolute atomic E-state index is 0.484. The van der Waals surface area contributed by atoms with E-state index in [2.05, 4.69) is 19.3 Å². The molecule has 2 aliphatic carbocycles. The molecule has 0 atom stereocenters. The number of ether oxygens (including phenoxy) is 1. The molecule has 0 saturated heterocycles. The highest BCUT2D eigenvalue weighted by Crippen LogP contribution is 2.35. The Morgan fingerprint density at radius 1 is 0.724 bits per heavy atom. The molecule has 1 aromatic heterocycles. The molecule has 2 aliphatic rings. The largest absolute Gasteiger partial charge is 0.378 e. The topological polar surface area (TPSA) is 35.0 Å². The van der Waals surface area contributed by atoms with E-state index in [-0.39, 0.29) is 0 Å². The molecule has 0 unspecified atom stereocenters. The van der Waals surface area contributed by atoms with Crippen LogP contribution in [0.25, 0.3) is 0 Å². The molecule has 0 spiro atoms. The number of nitrogens with zero attached hydrogens (tertiary/aromatic N) is 2. The van der Waals surface area contributed by atoms with Crippen molar-refractivity contribution in [3.63, 3.8) is 0 Å². The smallest absolute Gasteiger partial charge is 0.131 e. The molecular formula is C26H44N2O. The Kier molecular flexibility index (Phi) is 10.5. The van der Waals surface area contributed by atoms with Crippen LogP contribution in [0.2, 0.25) is 0 Å². The second kappa shape index (κ2) is 13.4. The Morgan fingerprint density at radius 3 is 2.00 bits per heavy atom. The summed E-state index contributed by atoms with van der Waals surface area (Å²) in [7, 11) is 0. The van der Waals surface area contributed by atoms with Gasteiger partial charge in [0.1, 0.15) is 5.82 Å². The Hall–Kier alpha value is -0.960.